The standard InChI is InChI=1S/C13H22N2O4/c1-4-15(3)12(17)8(2)14-11(16)9-6-5-7-10(9)13(18)19/h8-10H,4-7H2,1-3H3,(H,14,16)(H,18,19). The Kier molecular flexibility index (Phi) is 5.32. The summed E-state index contributed by atoms with van der Waals surface area (Å²) in [6.45, 7) is 4.04. The Balaban J connectivity index is 2.59. The molecule has 0 bridgehead atoms. The molecule has 0 aliphatic heterocycles. The first-order chi connectivity index (χ1) is 8.88. The molecule has 2 amide bonds. The van der Waals surface area contributed by atoms with Gasteiger partial charge in [0, 0.05) is 13.6 Å². The minimum Gasteiger partial charge on any atom is -0.481 e. The van der Waals surface area contributed by atoms with Gasteiger partial charge in [0.05, 0.1) is 11.8 Å². The van der Waals surface area contributed by atoms with Crippen molar-refractivity contribution in [2.24, 2.45) is 11.8 Å². The number of carboxylic acid groups (broad SMARTS) is 1. The molecule has 6 nitrogen and oxygen atoms in total. The highest BCUT2D eigenvalue weighted by Gasteiger charge is 2.38. The van der Waals surface area contributed by atoms with Gasteiger partial charge in [-0.2, -0.15) is 0 Å². The average Bonchev–Trinajstić information content (AvgIpc) is 2.86. The van der Waals surface area contributed by atoms with Crippen LogP contribution in [0.25, 0.3) is 0 Å². The van der Waals surface area contributed by atoms with E-state index in [9.17, 15) is 14.4 Å². The van der Waals surface area contributed by atoms with E-state index in [2.05, 4.69) is 5.32 Å². The number of hydrogen-bond donors (Lipinski definition) is 2. The Labute approximate surface area is 113 Å². The maximum atomic E-state index is 12.0. The topological polar surface area (TPSA) is 86.7 Å². The van der Waals surface area contributed by atoms with Crippen LogP contribution in [0.15, 0.2) is 0 Å². The molecule has 2 N–H and O–H groups in total. The van der Waals surface area contributed by atoms with Crippen LogP contribution in [0.1, 0.15) is 33.1 Å². The summed E-state index contributed by atoms with van der Waals surface area (Å²) in [5.41, 5.74) is 0. The molecular weight excluding hydrogens is 248 g/mol. The van der Waals surface area contributed by atoms with Gasteiger partial charge in [-0.15, -0.1) is 0 Å². The molecule has 0 spiro atoms. The van der Waals surface area contributed by atoms with Crippen LogP contribution in [0.4, 0.5) is 0 Å². The van der Waals surface area contributed by atoms with Crippen molar-refractivity contribution in [3.05, 3.63) is 0 Å². The largest absolute Gasteiger partial charge is 0.481 e. The lowest BCUT2D eigenvalue weighted by Gasteiger charge is -2.23. The van der Waals surface area contributed by atoms with Crippen molar-refractivity contribution in [1.82, 2.24) is 10.2 Å². The highest BCUT2D eigenvalue weighted by Crippen LogP contribution is 2.32. The number of rotatable bonds is 5. The molecule has 1 aliphatic rings. The molecule has 1 aliphatic carbocycles. The van der Waals surface area contributed by atoms with Crippen molar-refractivity contribution in [2.45, 2.75) is 39.2 Å². The summed E-state index contributed by atoms with van der Waals surface area (Å²) in [5, 5.41) is 11.7. The molecule has 3 unspecified atom stereocenters. The van der Waals surface area contributed by atoms with Gasteiger partial charge in [-0.25, -0.2) is 0 Å². The van der Waals surface area contributed by atoms with E-state index in [1.54, 1.807) is 14.0 Å². The third kappa shape index (κ3) is 3.68. The molecule has 1 fully saturated rings. The van der Waals surface area contributed by atoms with Crippen LogP contribution >= 0.6 is 0 Å². The monoisotopic (exact) mass is 270 g/mol. The summed E-state index contributed by atoms with van der Waals surface area (Å²) in [6, 6.07) is -0.618. The predicted molar refractivity (Wildman–Crippen MR) is 69.4 cm³/mol. The number of carbonyl (C=O) groups excluding carboxylic acids is 2. The SMILES string of the molecule is CCN(C)C(=O)C(C)NC(=O)C1CCCC1C(=O)O. The van der Waals surface area contributed by atoms with Crippen molar-refractivity contribution < 1.29 is 19.5 Å². The zero-order valence-electron chi connectivity index (χ0n) is 11.7. The lowest BCUT2D eigenvalue weighted by atomic mass is 9.95. The van der Waals surface area contributed by atoms with Gasteiger partial charge in [0.1, 0.15) is 6.04 Å². The fraction of sp³-hybridized carbons (Fsp3) is 0.769. The molecule has 0 radical (unpaired) electrons. The summed E-state index contributed by atoms with van der Waals surface area (Å²) in [5.74, 6) is -2.55. The van der Waals surface area contributed by atoms with Gasteiger partial charge in [0.25, 0.3) is 0 Å². The van der Waals surface area contributed by atoms with E-state index < -0.39 is 23.8 Å². The van der Waals surface area contributed by atoms with Gasteiger partial charge >= 0.3 is 5.97 Å². The third-order valence-corrected chi connectivity index (χ3v) is 3.75. The predicted octanol–water partition coefficient (Wildman–Crippen LogP) is 0.470. The van der Waals surface area contributed by atoms with Crippen LogP contribution in [0.2, 0.25) is 0 Å². The first-order valence-electron chi connectivity index (χ1n) is 6.66. The molecule has 19 heavy (non-hydrogen) atoms. The number of hydrogen-bond acceptors (Lipinski definition) is 3. The van der Waals surface area contributed by atoms with Crippen LogP contribution in [0, 0.1) is 11.8 Å². The minimum atomic E-state index is -0.928. The van der Waals surface area contributed by atoms with Gasteiger partial charge in [-0.3, -0.25) is 14.4 Å². The highest BCUT2D eigenvalue weighted by atomic mass is 16.4. The minimum absolute atomic E-state index is 0.166. The van der Waals surface area contributed by atoms with E-state index in [-0.39, 0.29) is 11.8 Å². The number of carbonyl (C=O) groups is 3. The maximum absolute atomic E-state index is 12.0. The molecular formula is C13H22N2O4. The molecule has 0 aromatic carbocycles. The van der Waals surface area contributed by atoms with Crippen molar-refractivity contribution in [3.63, 3.8) is 0 Å². The third-order valence-electron chi connectivity index (χ3n) is 3.75. The average molecular weight is 270 g/mol. The summed E-state index contributed by atoms with van der Waals surface area (Å²) in [7, 11) is 1.67. The Morgan fingerprint density at radius 3 is 2.42 bits per heavy atom. The van der Waals surface area contributed by atoms with E-state index in [0.717, 1.165) is 6.42 Å². The first kappa shape index (κ1) is 15.5. The summed E-state index contributed by atoms with van der Waals surface area (Å²) in [6.07, 6.45) is 1.85. The molecule has 108 valence electrons. The lowest BCUT2D eigenvalue weighted by Crippen LogP contribution is -2.48. The second-order valence-corrected chi connectivity index (χ2v) is 5.06. The number of nitrogens with zero attached hydrogens (tertiary/aromatic N) is 1. The smallest absolute Gasteiger partial charge is 0.307 e. The fourth-order valence-electron chi connectivity index (χ4n) is 2.44. The molecule has 1 rings (SSSR count). The molecule has 6 heteroatoms. The molecule has 0 saturated heterocycles. The van der Waals surface area contributed by atoms with Gasteiger partial charge in [-0.1, -0.05) is 6.42 Å². The van der Waals surface area contributed by atoms with Gasteiger partial charge in [0.2, 0.25) is 11.8 Å². The number of aliphatic carboxylic acids is 1. The van der Waals surface area contributed by atoms with Crippen LogP contribution in [-0.4, -0.2) is 47.4 Å². The van der Waals surface area contributed by atoms with Gasteiger partial charge in [-0.05, 0) is 26.7 Å². The molecule has 0 aromatic rings. The Hall–Kier alpha value is -1.59. The zero-order chi connectivity index (χ0) is 14.6. The van der Waals surface area contributed by atoms with Crippen LogP contribution in [0.5, 0.6) is 0 Å². The molecule has 3 atom stereocenters. The summed E-state index contributed by atoms with van der Waals surface area (Å²) >= 11 is 0. The first-order valence-corrected chi connectivity index (χ1v) is 6.66. The molecule has 0 heterocycles. The number of carboxylic acids is 1. The highest BCUT2D eigenvalue weighted by molar-refractivity contribution is 5.90. The molecule has 0 aromatic heterocycles. The van der Waals surface area contributed by atoms with E-state index in [1.165, 1.54) is 4.90 Å². The number of likely N-dealkylation sites (N-methyl/N-ethyl adjacent to an activating group) is 1. The van der Waals surface area contributed by atoms with Gasteiger partial charge in [0.15, 0.2) is 0 Å². The van der Waals surface area contributed by atoms with Gasteiger partial charge < -0.3 is 15.3 Å². The number of amides is 2. The second-order valence-electron chi connectivity index (χ2n) is 5.06. The Morgan fingerprint density at radius 1 is 1.32 bits per heavy atom. The summed E-state index contributed by atoms with van der Waals surface area (Å²) < 4.78 is 0. The van der Waals surface area contributed by atoms with Crippen LogP contribution in [-0.2, 0) is 14.4 Å². The molecule has 1 saturated carbocycles. The fourth-order valence-corrected chi connectivity index (χ4v) is 2.44. The lowest BCUT2D eigenvalue weighted by molar-refractivity contribution is -0.146. The van der Waals surface area contributed by atoms with Crippen LogP contribution < -0.4 is 5.32 Å². The summed E-state index contributed by atoms with van der Waals surface area (Å²) in [4.78, 5) is 36.4. The second kappa shape index (κ2) is 6.54. The van der Waals surface area contributed by atoms with E-state index in [0.29, 0.717) is 19.4 Å². The maximum Gasteiger partial charge on any atom is 0.307 e. The van der Waals surface area contributed by atoms with E-state index in [4.69, 9.17) is 5.11 Å². The quantitative estimate of drug-likeness (QED) is 0.760. The Morgan fingerprint density at radius 2 is 1.89 bits per heavy atom. The van der Waals surface area contributed by atoms with E-state index in [1.807, 2.05) is 6.92 Å². The zero-order valence-corrected chi connectivity index (χ0v) is 11.7. The normalized spacial score (nSPS) is 23.7. The van der Waals surface area contributed by atoms with Crippen LogP contribution in [0.3, 0.4) is 0 Å². The van der Waals surface area contributed by atoms with E-state index >= 15 is 0 Å². The van der Waals surface area contributed by atoms with Crippen molar-refractivity contribution >= 4 is 17.8 Å². The number of nitrogens with one attached hydrogen (secondary N) is 1. The van der Waals surface area contributed by atoms with Crippen molar-refractivity contribution in [2.75, 3.05) is 13.6 Å². The van der Waals surface area contributed by atoms with Crippen molar-refractivity contribution in [3.8, 4) is 0 Å². The van der Waals surface area contributed by atoms with Crippen molar-refractivity contribution in [1.29, 1.82) is 0 Å². The Bertz CT molecular complexity index is 370.